The van der Waals surface area contributed by atoms with E-state index >= 15 is 0 Å². The summed E-state index contributed by atoms with van der Waals surface area (Å²) >= 11 is 0. The molecular weight excluding hydrogens is 304 g/mol. The first-order valence-electron chi connectivity index (χ1n) is 9.22. The van der Waals surface area contributed by atoms with Crippen molar-refractivity contribution < 1.29 is 18.9 Å². The van der Waals surface area contributed by atoms with Crippen molar-refractivity contribution in [1.82, 2.24) is 0 Å². The minimum atomic E-state index is 0.157. The van der Waals surface area contributed by atoms with Gasteiger partial charge in [-0.2, -0.15) is 0 Å². The Bertz CT molecular complexity index is 248. The fourth-order valence-corrected chi connectivity index (χ4v) is 1.56. The lowest BCUT2D eigenvalue weighted by atomic mass is 10.3. The first-order valence-corrected chi connectivity index (χ1v) is 9.22. The maximum absolute atomic E-state index is 5.66. The lowest BCUT2D eigenvalue weighted by Crippen LogP contribution is -2.23. The molecule has 144 valence electrons. The molecule has 0 aliphatic rings. The van der Waals surface area contributed by atoms with Gasteiger partial charge in [0.2, 0.25) is 0 Å². The molecule has 0 spiro atoms. The molecule has 0 amide bonds. The van der Waals surface area contributed by atoms with Crippen molar-refractivity contribution in [1.29, 1.82) is 0 Å². The quantitative estimate of drug-likeness (QED) is 0.298. The van der Waals surface area contributed by atoms with Crippen LogP contribution in [0, 0.1) is 0 Å². The van der Waals surface area contributed by atoms with E-state index in [2.05, 4.69) is 33.9 Å². The number of ether oxygens (including phenoxy) is 4. The average molecular weight is 345 g/mol. The molecule has 0 fully saturated rings. The molecule has 0 radical (unpaired) electrons. The number of unbranched alkanes of at least 4 members (excludes halogenated alkanes) is 2. The summed E-state index contributed by atoms with van der Waals surface area (Å²) in [5.41, 5.74) is 0. The Morgan fingerprint density at radius 2 is 1.29 bits per heavy atom. The Labute approximate surface area is 150 Å². The summed E-state index contributed by atoms with van der Waals surface area (Å²) in [6.45, 7) is 19.6. The van der Waals surface area contributed by atoms with Gasteiger partial charge in [-0.05, 0) is 26.7 Å². The predicted octanol–water partition coefficient (Wildman–Crippen LogP) is 4.79. The van der Waals surface area contributed by atoms with Gasteiger partial charge in [0.15, 0.2) is 0 Å². The van der Waals surface area contributed by atoms with Gasteiger partial charge in [-0.15, -0.1) is 13.2 Å². The molecule has 0 heterocycles. The topological polar surface area (TPSA) is 36.9 Å². The van der Waals surface area contributed by atoms with E-state index in [9.17, 15) is 0 Å². The second kappa shape index (κ2) is 22.3. The minimum Gasteiger partial charge on any atom is -0.379 e. The summed E-state index contributed by atoms with van der Waals surface area (Å²) in [7, 11) is 0. The van der Waals surface area contributed by atoms with Crippen LogP contribution in [0.5, 0.6) is 0 Å². The van der Waals surface area contributed by atoms with E-state index in [1.54, 1.807) is 12.2 Å². The van der Waals surface area contributed by atoms with E-state index in [-0.39, 0.29) is 12.2 Å². The van der Waals surface area contributed by atoms with Gasteiger partial charge in [-0.25, -0.2) is 0 Å². The van der Waals surface area contributed by atoms with Crippen molar-refractivity contribution in [2.45, 2.75) is 65.6 Å². The Morgan fingerprint density at radius 1 is 0.750 bits per heavy atom. The van der Waals surface area contributed by atoms with Gasteiger partial charge in [0.1, 0.15) is 0 Å². The molecule has 0 aliphatic carbocycles. The second-order valence-electron chi connectivity index (χ2n) is 5.72. The lowest BCUT2D eigenvalue weighted by molar-refractivity contribution is -0.0574. The summed E-state index contributed by atoms with van der Waals surface area (Å²) in [6, 6.07) is 0. The monoisotopic (exact) mass is 344 g/mol. The Kier molecular flexibility index (Phi) is 23.8. The fraction of sp³-hybridized carbons (Fsp3) is 0.800. The Balaban J connectivity index is 0. The van der Waals surface area contributed by atoms with Crippen molar-refractivity contribution in [2.75, 3.05) is 39.6 Å². The van der Waals surface area contributed by atoms with Gasteiger partial charge < -0.3 is 18.9 Å². The van der Waals surface area contributed by atoms with Crippen LogP contribution in [0.15, 0.2) is 25.3 Å². The van der Waals surface area contributed by atoms with E-state index in [0.29, 0.717) is 26.4 Å². The molecule has 0 aromatic rings. The largest absolute Gasteiger partial charge is 0.379 e. The zero-order valence-electron chi connectivity index (χ0n) is 16.4. The third-order valence-electron chi connectivity index (χ3n) is 2.98. The molecule has 0 aliphatic heterocycles. The molecular formula is C20H40O4. The highest BCUT2D eigenvalue weighted by Crippen LogP contribution is 2.00. The first-order chi connectivity index (χ1) is 11.6. The third-order valence-corrected chi connectivity index (χ3v) is 2.98. The molecule has 24 heavy (non-hydrogen) atoms. The summed E-state index contributed by atoms with van der Waals surface area (Å²) in [5, 5.41) is 0. The number of hydrogen-bond acceptors (Lipinski definition) is 4. The highest BCUT2D eigenvalue weighted by Gasteiger charge is 2.06. The van der Waals surface area contributed by atoms with Crippen molar-refractivity contribution in [3.63, 3.8) is 0 Å². The molecule has 0 bridgehead atoms. The van der Waals surface area contributed by atoms with E-state index in [4.69, 9.17) is 18.9 Å². The molecule has 0 N–H and O–H groups in total. The van der Waals surface area contributed by atoms with Crippen LogP contribution in [0.4, 0.5) is 0 Å². The number of hydrogen-bond donors (Lipinski definition) is 0. The minimum absolute atomic E-state index is 0.157. The van der Waals surface area contributed by atoms with Crippen LogP contribution in [0.2, 0.25) is 0 Å². The van der Waals surface area contributed by atoms with E-state index in [1.807, 2.05) is 6.92 Å². The second-order valence-corrected chi connectivity index (χ2v) is 5.72. The van der Waals surface area contributed by atoms with Gasteiger partial charge in [-0.3, -0.25) is 0 Å². The zero-order chi connectivity index (χ0) is 18.5. The SMILES string of the molecule is C=CCOCC=C.CCCCOCC(C)OCC(C)OCCCC. The molecule has 4 nitrogen and oxygen atoms in total. The van der Waals surface area contributed by atoms with Crippen LogP contribution >= 0.6 is 0 Å². The lowest BCUT2D eigenvalue weighted by Gasteiger charge is -2.17. The van der Waals surface area contributed by atoms with E-state index in [1.165, 1.54) is 12.8 Å². The molecule has 2 atom stereocenters. The predicted molar refractivity (Wildman–Crippen MR) is 103 cm³/mol. The molecule has 2 unspecified atom stereocenters. The Morgan fingerprint density at radius 3 is 1.83 bits per heavy atom. The highest BCUT2D eigenvalue weighted by atomic mass is 16.6. The molecule has 0 aromatic carbocycles. The standard InChI is InChI=1S/C14H30O3.C6H10O/c1-5-7-9-15-11-13(3)17-12-14(4)16-10-8-6-2;1-3-5-7-6-4-2/h13-14H,5-12H2,1-4H3;3-4H,1-2,5-6H2. The van der Waals surface area contributed by atoms with Crippen molar-refractivity contribution in [2.24, 2.45) is 0 Å². The maximum atomic E-state index is 5.66. The molecule has 0 saturated heterocycles. The smallest absolute Gasteiger partial charge is 0.0781 e. The van der Waals surface area contributed by atoms with Crippen molar-refractivity contribution >= 4 is 0 Å². The summed E-state index contributed by atoms with van der Waals surface area (Å²) < 4.78 is 21.7. The van der Waals surface area contributed by atoms with Crippen LogP contribution in [0.25, 0.3) is 0 Å². The van der Waals surface area contributed by atoms with Crippen molar-refractivity contribution in [3.8, 4) is 0 Å². The molecule has 4 heteroatoms. The van der Waals surface area contributed by atoms with Gasteiger partial charge in [0, 0.05) is 13.2 Å². The fourth-order valence-electron chi connectivity index (χ4n) is 1.56. The first kappa shape index (κ1) is 25.6. The van der Waals surface area contributed by atoms with Crippen molar-refractivity contribution in [3.05, 3.63) is 25.3 Å². The summed E-state index contributed by atoms with van der Waals surface area (Å²) in [4.78, 5) is 0. The van der Waals surface area contributed by atoms with Gasteiger partial charge in [-0.1, -0.05) is 38.8 Å². The molecule has 0 rings (SSSR count). The van der Waals surface area contributed by atoms with Crippen LogP contribution in [0.3, 0.4) is 0 Å². The summed E-state index contributed by atoms with van der Waals surface area (Å²) in [6.07, 6.45) is 8.37. The van der Waals surface area contributed by atoms with Crippen LogP contribution in [-0.4, -0.2) is 51.8 Å². The van der Waals surface area contributed by atoms with E-state index in [0.717, 1.165) is 26.1 Å². The Hall–Kier alpha value is -0.680. The van der Waals surface area contributed by atoms with Gasteiger partial charge in [0.25, 0.3) is 0 Å². The van der Waals surface area contributed by atoms with Crippen LogP contribution in [0.1, 0.15) is 53.4 Å². The molecule has 0 saturated carbocycles. The maximum Gasteiger partial charge on any atom is 0.0781 e. The third kappa shape index (κ3) is 23.6. The number of rotatable bonds is 16. The highest BCUT2D eigenvalue weighted by molar-refractivity contribution is 4.68. The molecule has 0 aromatic heterocycles. The average Bonchev–Trinajstić information content (AvgIpc) is 2.58. The van der Waals surface area contributed by atoms with Gasteiger partial charge >= 0.3 is 0 Å². The zero-order valence-corrected chi connectivity index (χ0v) is 16.4. The summed E-state index contributed by atoms with van der Waals surface area (Å²) in [5.74, 6) is 0. The van der Waals surface area contributed by atoms with Gasteiger partial charge in [0.05, 0.1) is 38.6 Å². The normalized spacial score (nSPS) is 12.8. The van der Waals surface area contributed by atoms with Crippen LogP contribution < -0.4 is 0 Å². The van der Waals surface area contributed by atoms with E-state index < -0.39 is 0 Å². The van der Waals surface area contributed by atoms with Crippen LogP contribution in [-0.2, 0) is 18.9 Å².